The molecular formula is C23H31N7O2. The van der Waals surface area contributed by atoms with E-state index in [0.29, 0.717) is 6.04 Å². The van der Waals surface area contributed by atoms with Crippen LogP contribution in [0.4, 0.5) is 0 Å². The molecule has 1 unspecified atom stereocenters. The van der Waals surface area contributed by atoms with Gasteiger partial charge < -0.3 is 20.1 Å². The van der Waals surface area contributed by atoms with Crippen LogP contribution in [-0.4, -0.2) is 72.4 Å². The van der Waals surface area contributed by atoms with Crippen molar-refractivity contribution in [3.63, 3.8) is 0 Å². The van der Waals surface area contributed by atoms with Crippen molar-refractivity contribution in [3.05, 3.63) is 54.0 Å². The number of likely N-dealkylation sites (tertiary alicyclic amines) is 1. The molecule has 2 aromatic heterocycles. The molecule has 1 aromatic carbocycles. The molecule has 4 rings (SSSR count). The molecule has 32 heavy (non-hydrogen) atoms. The van der Waals surface area contributed by atoms with Crippen LogP contribution >= 0.6 is 0 Å². The smallest absolute Gasteiger partial charge is 0.191 e. The number of nitrogens with one attached hydrogen (secondary N) is 2. The van der Waals surface area contributed by atoms with Gasteiger partial charge in [-0.15, -0.1) is 10.2 Å². The number of aliphatic imine (C=N–C) groups is 1. The molecule has 0 spiro atoms. The van der Waals surface area contributed by atoms with Crippen molar-refractivity contribution >= 4 is 11.6 Å². The number of nitrogens with zero attached hydrogens (tertiary/aromatic N) is 5. The lowest BCUT2D eigenvalue weighted by atomic mass is 10.2. The summed E-state index contributed by atoms with van der Waals surface area (Å²) in [4.78, 5) is 6.82. The van der Waals surface area contributed by atoms with Crippen molar-refractivity contribution in [1.82, 2.24) is 30.1 Å². The zero-order valence-electron chi connectivity index (χ0n) is 18.9. The number of methoxy groups -OCH3 is 2. The van der Waals surface area contributed by atoms with Gasteiger partial charge in [-0.25, -0.2) is 0 Å². The number of hydrogen-bond donors (Lipinski definition) is 2. The number of ether oxygens (including phenoxy) is 2. The molecule has 1 aliphatic rings. The number of guanidine groups is 1. The molecule has 9 heteroatoms. The zero-order chi connectivity index (χ0) is 22.3. The summed E-state index contributed by atoms with van der Waals surface area (Å²) in [5.41, 5.74) is 2.05. The van der Waals surface area contributed by atoms with Gasteiger partial charge in [0.15, 0.2) is 11.6 Å². The van der Waals surface area contributed by atoms with E-state index < -0.39 is 0 Å². The summed E-state index contributed by atoms with van der Waals surface area (Å²) < 4.78 is 12.8. The van der Waals surface area contributed by atoms with Crippen molar-refractivity contribution in [2.75, 3.05) is 40.9 Å². The Balaban J connectivity index is 1.26. The summed E-state index contributed by atoms with van der Waals surface area (Å²) >= 11 is 0. The average Bonchev–Trinajstić information content (AvgIpc) is 3.44. The van der Waals surface area contributed by atoms with Gasteiger partial charge in [0.25, 0.3) is 0 Å². The summed E-state index contributed by atoms with van der Waals surface area (Å²) in [5.74, 6) is 3.38. The molecule has 0 bridgehead atoms. The van der Waals surface area contributed by atoms with Crippen molar-refractivity contribution in [3.8, 4) is 11.5 Å². The molecule has 0 radical (unpaired) electrons. The Morgan fingerprint density at radius 2 is 1.97 bits per heavy atom. The van der Waals surface area contributed by atoms with Crippen LogP contribution in [0.5, 0.6) is 11.5 Å². The maximum absolute atomic E-state index is 5.39. The third-order valence-corrected chi connectivity index (χ3v) is 5.68. The summed E-state index contributed by atoms with van der Waals surface area (Å²) in [6.45, 7) is 3.57. The lowest BCUT2D eigenvalue weighted by Crippen LogP contribution is -2.45. The number of benzene rings is 1. The highest BCUT2D eigenvalue weighted by Gasteiger charge is 2.23. The Kier molecular flexibility index (Phi) is 7.06. The van der Waals surface area contributed by atoms with E-state index in [-0.39, 0.29) is 0 Å². The van der Waals surface area contributed by atoms with Gasteiger partial charge in [-0.1, -0.05) is 6.07 Å². The molecule has 3 heterocycles. The SMILES string of the molecule is CN=C(NCCc1nnc2ccccn12)NC1CCN(Cc2cc(OC)cc(OC)c2)C1. The maximum atomic E-state index is 5.39. The minimum Gasteiger partial charge on any atom is -0.497 e. The molecular weight excluding hydrogens is 406 g/mol. The predicted octanol–water partition coefficient (Wildman–Crippen LogP) is 1.73. The topological polar surface area (TPSA) is 88.3 Å². The minimum atomic E-state index is 0.350. The monoisotopic (exact) mass is 437 g/mol. The molecule has 0 amide bonds. The largest absolute Gasteiger partial charge is 0.497 e. The second kappa shape index (κ2) is 10.3. The summed E-state index contributed by atoms with van der Waals surface area (Å²) in [5, 5.41) is 15.4. The molecule has 2 N–H and O–H groups in total. The molecule has 0 aliphatic carbocycles. The van der Waals surface area contributed by atoms with Crippen LogP contribution in [-0.2, 0) is 13.0 Å². The summed E-state index contributed by atoms with van der Waals surface area (Å²) in [7, 11) is 5.16. The highest BCUT2D eigenvalue weighted by molar-refractivity contribution is 5.80. The van der Waals surface area contributed by atoms with Gasteiger partial charge in [0.2, 0.25) is 0 Å². The van der Waals surface area contributed by atoms with E-state index in [1.165, 1.54) is 5.56 Å². The minimum absolute atomic E-state index is 0.350. The van der Waals surface area contributed by atoms with Crippen molar-refractivity contribution in [1.29, 1.82) is 0 Å². The summed E-state index contributed by atoms with van der Waals surface area (Å²) in [6, 6.07) is 12.3. The first-order chi connectivity index (χ1) is 15.7. The van der Waals surface area contributed by atoms with E-state index in [1.54, 1.807) is 21.3 Å². The molecule has 0 saturated carbocycles. The molecule has 9 nitrogen and oxygen atoms in total. The number of hydrogen-bond acceptors (Lipinski definition) is 6. The third kappa shape index (κ3) is 5.28. The lowest BCUT2D eigenvalue weighted by molar-refractivity contribution is 0.321. The van der Waals surface area contributed by atoms with Crippen molar-refractivity contribution in [2.24, 2.45) is 4.99 Å². The maximum Gasteiger partial charge on any atom is 0.191 e. The third-order valence-electron chi connectivity index (χ3n) is 5.68. The van der Waals surface area contributed by atoms with E-state index in [2.05, 4.69) is 42.9 Å². The fourth-order valence-corrected chi connectivity index (χ4v) is 4.05. The van der Waals surface area contributed by atoms with Gasteiger partial charge in [0.1, 0.15) is 17.3 Å². The number of aromatic nitrogens is 3. The summed E-state index contributed by atoms with van der Waals surface area (Å²) in [6.07, 6.45) is 3.82. The van der Waals surface area contributed by atoms with Crippen LogP contribution in [0.2, 0.25) is 0 Å². The number of rotatable bonds is 8. The second-order valence-corrected chi connectivity index (χ2v) is 7.88. The van der Waals surface area contributed by atoms with Gasteiger partial charge >= 0.3 is 0 Å². The van der Waals surface area contributed by atoms with Gasteiger partial charge in [-0.05, 0) is 36.2 Å². The predicted molar refractivity (Wildman–Crippen MR) is 124 cm³/mol. The lowest BCUT2D eigenvalue weighted by Gasteiger charge is -2.19. The quantitative estimate of drug-likeness (QED) is 0.410. The first-order valence-corrected chi connectivity index (χ1v) is 10.9. The first-order valence-electron chi connectivity index (χ1n) is 10.9. The Labute approximate surface area is 188 Å². The fourth-order valence-electron chi connectivity index (χ4n) is 4.05. The van der Waals surface area contributed by atoms with Gasteiger partial charge in [-0.2, -0.15) is 0 Å². The van der Waals surface area contributed by atoms with Crippen LogP contribution < -0.4 is 20.1 Å². The molecule has 1 aliphatic heterocycles. The van der Waals surface area contributed by atoms with E-state index >= 15 is 0 Å². The van der Waals surface area contributed by atoms with Crippen LogP contribution in [0.15, 0.2) is 47.6 Å². The van der Waals surface area contributed by atoms with Crippen LogP contribution in [0, 0.1) is 0 Å². The highest BCUT2D eigenvalue weighted by Crippen LogP contribution is 2.24. The van der Waals surface area contributed by atoms with E-state index in [4.69, 9.17) is 9.47 Å². The Hall–Kier alpha value is -3.33. The Morgan fingerprint density at radius 1 is 1.16 bits per heavy atom. The van der Waals surface area contributed by atoms with Crippen molar-refractivity contribution in [2.45, 2.75) is 25.4 Å². The number of fused-ring (bicyclic) bond motifs is 1. The van der Waals surface area contributed by atoms with Crippen LogP contribution in [0.3, 0.4) is 0 Å². The molecule has 1 fully saturated rings. The van der Waals surface area contributed by atoms with Gasteiger partial charge in [0, 0.05) is 58.0 Å². The Bertz CT molecular complexity index is 1040. The highest BCUT2D eigenvalue weighted by atomic mass is 16.5. The normalized spacial score (nSPS) is 17.0. The standard InChI is InChI=1S/C23H31N7O2/c1-24-23(25-9-7-22-28-27-21-6-4-5-10-30(21)22)26-18-8-11-29(16-18)15-17-12-19(31-2)14-20(13-17)32-3/h4-6,10,12-14,18H,7-9,11,15-16H2,1-3H3,(H2,24,25,26). The van der Waals surface area contributed by atoms with Gasteiger partial charge in [-0.3, -0.25) is 14.3 Å². The molecule has 1 atom stereocenters. The van der Waals surface area contributed by atoms with E-state index in [1.807, 2.05) is 34.9 Å². The fraction of sp³-hybridized carbons (Fsp3) is 0.435. The average molecular weight is 438 g/mol. The first kappa shape index (κ1) is 21.9. The second-order valence-electron chi connectivity index (χ2n) is 7.88. The molecule has 1 saturated heterocycles. The zero-order valence-corrected chi connectivity index (χ0v) is 18.9. The molecule has 3 aromatic rings. The van der Waals surface area contributed by atoms with E-state index in [9.17, 15) is 0 Å². The van der Waals surface area contributed by atoms with Crippen LogP contribution in [0.25, 0.3) is 5.65 Å². The molecule has 170 valence electrons. The van der Waals surface area contributed by atoms with Gasteiger partial charge in [0.05, 0.1) is 14.2 Å². The van der Waals surface area contributed by atoms with E-state index in [0.717, 1.165) is 68.0 Å². The Morgan fingerprint density at radius 3 is 2.72 bits per heavy atom. The number of pyridine rings is 1. The van der Waals surface area contributed by atoms with Crippen molar-refractivity contribution < 1.29 is 9.47 Å². The van der Waals surface area contributed by atoms with Crippen LogP contribution in [0.1, 0.15) is 17.8 Å².